The number of halogens is 4. The van der Waals surface area contributed by atoms with Crippen LogP contribution in [0.25, 0.3) is 10.7 Å². The maximum absolute atomic E-state index is 12.4. The highest BCUT2D eigenvalue weighted by molar-refractivity contribution is 7.13. The number of methoxy groups -OCH3 is 1. The van der Waals surface area contributed by atoms with E-state index in [-0.39, 0.29) is 15.9 Å². The van der Waals surface area contributed by atoms with Crippen molar-refractivity contribution in [3.63, 3.8) is 0 Å². The molecule has 0 atom stereocenters. The van der Waals surface area contributed by atoms with E-state index in [1.807, 2.05) is 0 Å². The quantitative estimate of drug-likeness (QED) is 0.788. The number of alkyl halides is 3. The number of aromatic nitrogens is 2. The molecular formula is C10H6ClF3N2OS. The standard InChI is InChI=1S/C10H6ClF3N2OS/c1-17-5-2-6(15-8(11)3-5)9-16-7(4-18-9)10(12,13)14/h2-4H,1H3. The van der Waals surface area contributed by atoms with Crippen LogP contribution in [0.3, 0.4) is 0 Å². The third kappa shape index (κ3) is 2.73. The summed E-state index contributed by atoms with van der Waals surface area (Å²) in [4.78, 5) is 7.40. The first-order valence-corrected chi connectivity index (χ1v) is 5.90. The van der Waals surface area contributed by atoms with Gasteiger partial charge in [0.2, 0.25) is 0 Å². The van der Waals surface area contributed by atoms with Crippen molar-refractivity contribution in [2.75, 3.05) is 7.11 Å². The number of ether oxygens (including phenoxy) is 1. The SMILES string of the molecule is COc1cc(Cl)nc(-c2nc(C(F)(F)F)cs2)c1. The Balaban J connectivity index is 2.43. The second-order valence-electron chi connectivity index (χ2n) is 3.25. The van der Waals surface area contributed by atoms with E-state index in [9.17, 15) is 13.2 Å². The van der Waals surface area contributed by atoms with Crippen molar-refractivity contribution in [2.45, 2.75) is 6.18 Å². The molecule has 2 aromatic heterocycles. The van der Waals surface area contributed by atoms with Crippen LogP contribution in [0.15, 0.2) is 17.5 Å². The van der Waals surface area contributed by atoms with E-state index in [1.165, 1.54) is 19.2 Å². The monoisotopic (exact) mass is 294 g/mol. The minimum atomic E-state index is -4.46. The third-order valence-electron chi connectivity index (χ3n) is 2.02. The molecule has 0 aliphatic rings. The van der Waals surface area contributed by atoms with Crippen LogP contribution >= 0.6 is 22.9 Å². The molecule has 3 nitrogen and oxygen atoms in total. The van der Waals surface area contributed by atoms with E-state index < -0.39 is 11.9 Å². The van der Waals surface area contributed by atoms with Crippen LogP contribution in [-0.2, 0) is 6.18 Å². The van der Waals surface area contributed by atoms with Gasteiger partial charge in [-0.05, 0) is 0 Å². The molecule has 0 spiro atoms. The third-order valence-corrected chi connectivity index (χ3v) is 3.08. The molecule has 2 heterocycles. The first-order chi connectivity index (χ1) is 8.40. The van der Waals surface area contributed by atoms with Gasteiger partial charge in [-0.3, -0.25) is 0 Å². The van der Waals surface area contributed by atoms with E-state index >= 15 is 0 Å². The van der Waals surface area contributed by atoms with E-state index in [0.29, 0.717) is 5.75 Å². The largest absolute Gasteiger partial charge is 0.497 e. The summed E-state index contributed by atoms with van der Waals surface area (Å²) in [5.41, 5.74) is -0.692. The number of thiazole rings is 1. The average molecular weight is 295 g/mol. The first kappa shape index (κ1) is 13.1. The summed E-state index contributed by atoms with van der Waals surface area (Å²) in [5, 5.41) is 1.21. The summed E-state index contributed by atoms with van der Waals surface area (Å²) < 4.78 is 42.2. The summed E-state index contributed by atoms with van der Waals surface area (Å²) in [6.45, 7) is 0. The summed E-state index contributed by atoms with van der Waals surface area (Å²) in [6.07, 6.45) is -4.46. The normalized spacial score (nSPS) is 11.6. The predicted molar refractivity (Wildman–Crippen MR) is 61.9 cm³/mol. The van der Waals surface area contributed by atoms with Gasteiger partial charge in [0.15, 0.2) is 5.69 Å². The van der Waals surface area contributed by atoms with Gasteiger partial charge in [0.05, 0.1) is 7.11 Å². The fourth-order valence-electron chi connectivity index (χ4n) is 1.22. The topological polar surface area (TPSA) is 35.0 Å². The van der Waals surface area contributed by atoms with Gasteiger partial charge < -0.3 is 4.74 Å². The molecule has 2 rings (SSSR count). The Hall–Kier alpha value is -1.34. The number of nitrogens with zero attached hydrogens (tertiary/aromatic N) is 2. The Bertz CT molecular complexity index is 570. The van der Waals surface area contributed by atoms with Gasteiger partial charge in [0, 0.05) is 17.5 Å². The Morgan fingerprint density at radius 2 is 2.00 bits per heavy atom. The van der Waals surface area contributed by atoms with Crippen molar-refractivity contribution in [1.82, 2.24) is 9.97 Å². The molecule has 0 N–H and O–H groups in total. The second-order valence-corrected chi connectivity index (χ2v) is 4.50. The highest BCUT2D eigenvalue weighted by atomic mass is 35.5. The number of hydrogen-bond acceptors (Lipinski definition) is 4. The molecular weight excluding hydrogens is 289 g/mol. The van der Waals surface area contributed by atoms with Gasteiger partial charge in [0.1, 0.15) is 21.6 Å². The number of hydrogen-bond donors (Lipinski definition) is 0. The lowest BCUT2D eigenvalue weighted by molar-refractivity contribution is -0.140. The van der Waals surface area contributed by atoms with Gasteiger partial charge in [-0.1, -0.05) is 11.6 Å². The van der Waals surface area contributed by atoms with Crippen molar-refractivity contribution in [3.05, 3.63) is 28.4 Å². The molecule has 0 saturated heterocycles. The zero-order valence-corrected chi connectivity index (χ0v) is 10.5. The van der Waals surface area contributed by atoms with Crippen molar-refractivity contribution in [3.8, 4) is 16.5 Å². The van der Waals surface area contributed by atoms with E-state index in [1.54, 1.807) is 0 Å². The fraction of sp³-hybridized carbons (Fsp3) is 0.200. The Morgan fingerprint density at radius 3 is 2.56 bits per heavy atom. The predicted octanol–water partition coefficient (Wildman–Crippen LogP) is 3.89. The molecule has 0 saturated carbocycles. The van der Waals surface area contributed by atoms with Crippen LogP contribution in [0.1, 0.15) is 5.69 Å². The molecule has 0 unspecified atom stereocenters. The zero-order chi connectivity index (χ0) is 13.3. The molecule has 0 radical (unpaired) electrons. The molecule has 18 heavy (non-hydrogen) atoms. The van der Waals surface area contributed by atoms with Crippen molar-refractivity contribution in [2.24, 2.45) is 0 Å². The molecule has 0 fully saturated rings. The number of pyridine rings is 1. The molecule has 0 aliphatic carbocycles. The Kier molecular flexibility index (Phi) is 3.45. The minimum absolute atomic E-state index is 0.133. The summed E-state index contributed by atoms with van der Waals surface area (Å²) in [6, 6.07) is 2.94. The van der Waals surface area contributed by atoms with Crippen LogP contribution in [0, 0.1) is 0 Å². The van der Waals surface area contributed by atoms with E-state index in [4.69, 9.17) is 16.3 Å². The van der Waals surface area contributed by atoms with Gasteiger partial charge in [-0.2, -0.15) is 13.2 Å². The molecule has 2 aromatic rings. The van der Waals surface area contributed by atoms with Crippen molar-refractivity contribution in [1.29, 1.82) is 0 Å². The van der Waals surface area contributed by atoms with E-state index in [0.717, 1.165) is 16.7 Å². The molecule has 0 aliphatic heterocycles. The maximum Gasteiger partial charge on any atom is 0.434 e. The minimum Gasteiger partial charge on any atom is -0.497 e. The lowest BCUT2D eigenvalue weighted by atomic mass is 10.3. The van der Waals surface area contributed by atoms with Gasteiger partial charge in [-0.15, -0.1) is 11.3 Å². The van der Waals surface area contributed by atoms with Gasteiger partial charge in [0.25, 0.3) is 0 Å². The lowest BCUT2D eigenvalue weighted by Gasteiger charge is -2.03. The molecule has 0 aromatic carbocycles. The molecule has 96 valence electrons. The summed E-state index contributed by atoms with van der Waals surface area (Å²) in [7, 11) is 1.43. The van der Waals surface area contributed by atoms with Crippen LogP contribution in [0.2, 0.25) is 5.15 Å². The van der Waals surface area contributed by atoms with Crippen LogP contribution in [-0.4, -0.2) is 17.1 Å². The lowest BCUT2D eigenvalue weighted by Crippen LogP contribution is -2.04. The smallest absolute Gasteiger partial charge is 0.434 e. The highest BCUT2D eigenvalue weighted by Gasteiger charge is 2.34. The Morgan fingerprint density at radius 1 is 1.28 bits per heavy atom. The highest BCUT2D eigenvalue weighted by Crippen LogP contribution is 2.34. The summed E-state index contributed by atoms with van der Waals surface area (Å²) in [5.74, 6) is 0.411. The first-order valence-electron chi connectivity index (χ1n) is 4.65. The van der Waals surface area contributed by atoms with Crippen LogP contribution in [0.5, 0.6) is 5.75 Å². The number of rotatable bonds is 2. The Labute approximate surface area is 109 Å². The fourth-order valence-corrected chi connectivity index (χ4v) is 2.21. The molecule has 0 bridgehead atoms. The molecule has 8 heteroatoms. The zero-order valence-electron chi connectivity index (χ0n) is 8.95. The van der Waals surface area contributed by atoms with Crippen molar-refractivity contribution < 1.29 is 17.9 Å². The summed E-state index contributed by atoms with van der Waals surface area (Å²) >= 11 is 6.59. The molecule has 0 amide bonds. The van der Waals surface area contributed by atoms with Gasteiger partial charge in [-0.25, -0.2) is 9.97 Å². The van der Waals surface area contributed by atoms with Crippen molar-refractivity contribution >= 4 is 22.9 Å². The maximum atomic E-state index is 12.4. The second kappa shape index (κ2) is 4.74. The van der Waals surface area contributed by atoms with Crippen LogP contribution < -0.4 is 4.74 Å². The average Bonchev–Trinajstić information content (AvgIpc) is 2.77. The van der Waals surface area contributed by atoms with Crippen LogP contribution in [0.4, 0.5) is 13.2 Å². The van der Waals surface area contributed by atoms with E-state index in [2.05, 4.69) is 9.97 Å². The van der Waals surface area contributed by atoms with Gasteiger partial charge >= 0.3 is 6.18 Å².